The second-order valence-electron chi connectivity index (χ2n) is 5.70. The summed E-state index contributed by atoms with van der Waals surface area (Å²) in [6.45, 7) is 4.71. The standard InChI is InChI=1S/C19H24N4O2.HI/c1-2-20-19(23-12-9-16-5-3-4-10-21-16)22-11-8-15-6-7-17-18(13-15)25-14-24-17;/h3-7,10,13H,2,8-9,11-12,14H2,1H3,(H2,20,22,23);1H. The number of fused-ring (bicyclic) bond motifs is 1. The zero-order valence-electron chi connectivity index (χ0n) is 14.9. The molecule has 1 aromatic carbocycles. The molecule has 1 aliphatic heterocycles. The minimum absolute atomic E-state index is 0. The van der Waals surface area contributed by atoms with Crippen molar-refractivity contribution in [1.82, 2.24) is 15.6 Å². The zero-order valence-corrected chi connectivity index (χ0v) is 17.2. The molecule has 0 bridgehead atoms. The fourth-order valence-electron chi connectivity index (χ4n) is 2.59. The molecule has 0 saturated heterocycles. The van der Waals surface area contributed by atoms with Crippen molar-refractivity contribution in [2.45, 2.75) is 19.8 Å². The van der Waals surface area contributed by atoms with E-state index in [1.807, 2.05) is 36.5 Å². The molecular formula is C19H25IN4O2. The maximum atomic E-state index is 5.42. The Balaban J connectivity index is 0.00000243. The quantitative estimate of drug-likeness (QED) is 0.372. The number of nitrogens with zero attached hydrogens (tertiary/aromatic N) is 2. The van der Waals surface area contributed by atoms with E-state index in [0.29, 0.717) is 13.3 Å². The summed E-state index contributed by atoms with van der Waals surface area (Å²) in [5.41, 5.74) is 2.27. The van der Waals surface area contributed by atoms with E-state index in [1.165, 1.54) is 5.56 Å². The first-order valence-electron chi connectivity index (χ1n) is 8.66. The molecule has 0 amide bonds. The van der Waals surface area contributed by atoms with Gasteiger partial charge in [0, 0.05) is 37.9 Å². The van der Waals surface area contributed by atoms with Gasteiger partial charge < -0.3 is 20.1 Å². The third-order valence-electron chi connectivity index (χ3n) is 3.85. The SMILES string of the molecule is CCNC(=NCCc1ccccn1)NCCc1ccc2c(c1)OCO2.I. The highest BCUT2D eigenvalue weighted by atomic mass is 127. The van der Waals surface area contributed by atoms with Gasteiger partial charge in [0.05, 0.1) is 0 Å². The van der Waals surface area contributed by atoms with Crippen LogP contribution >= 0.6 is 24.0 Å². The van der Waals surface area contributed by atoms with Gasteiger partial charge in [-0.05, 0) is 43.2 Å². The van der Waals surface area contributed by atoms with E-state index in [0.717, 1.165) is 49.1 Å². The van der Waals surface area contributed by atoms with Gasteiger partial charge in [0.15, 0.2) is 17.5 Å². The monoisotopic (exact) mass is 468 g/mol. The molecule has 0 spiro atoms. The topological polar surface area (TPSA) is 67.8 Å². The maximum Gasteiger partial charge on any atom is 0.231 e. The predicted octanol–water partition coefficient (Wildman–Crippen LogP) is 2.77. The van der Waals surface area contributed by atoms with Crippen molar-refractivity contribution in [3.8, 4) is 11.5 Å². The van der Waals surface area contributed by atoms with Gasteiger partial charge in [-0.3, -0.25) is 9.98 Å². The highest BCUT2D eigenvalue weighted by Crippen LogP contribution is 2.32. The highest BCUT2D eigenvalue weighted by molar-refractivity contribution is 14.0. The first-order valence-corrected chi connectivity index (χ1v) is 8.66. The van der Waals surface area contributed by atoms with E-state index < -0.39 is 0 Å². The first kappa shape index (κ1) is 20.3. The molecule has 3 rings (SSSR count). The van der Waals surface area contributed by atoms with Crippen LogP contribution in [0.2, 0.25) is 0 Å². The summed E-state index contributed by atoms with van der Waals surface area (Å²) in [5, 5.41) is 6.64. The summed E-state index contributed by atoms with van der Waals surface area (Å²) in [6, 6.07) is 12.0. The number of rotatable bonds is 7. The number of nitrogens with one attached hydrogen (secondary N) is 2. The Morgan fingerprint density at radius 2 is 2.00 bits per heavy atom. The smallest absolute Gasteiger partial charge is 0.231 e. The van der Waals surface area contributed by atoms with Crippen LogP contribution in [0.3, 0.4) is 0 Å². The third-order valence-corrected chi connectivity index (χ3v) is 3.85. The van der Waals surface area contributed by atoms with Crippen LogP contribution in [0.15, 0.2) is 47.6 Å². The number of aromatic nitrogens is 1. The molecule has 2 aromatic rings. The van der Waals surface area contributed by atoms with Crippen molar-refractivity contribution < 1.29 is 9.47 Å². The molecule has 0 unspecified atom stereocenters. The Bertz CT molecular complexity index is 710. The van der Waals surface area contributed by atoms with E-state index in [4.69, 9.17) is 9.47 Å². The van der Waals surface area contributed by atoms with E-state index >= 15 is 0 Å². The zero-order chi connectivity index (χ0) is 17.3. The number of aliphatic imine (C=N–C) groups is 1. The molecule has 26 heavy (non-hydrogen) atoms. The lowest BCUT2D eigenvalue weighted by Crippen LogP contribution is -2.38. The fraction of sp³-hybridized carbons (Fsp3) is 0.368. The van der Waals surface area contributed by atoms with E-state index in [-0.39, 0.29) is 24.0 Å². The molecule has 1 aromatic heterocycles. The average Bonchev–Trinajstić information content (AvgIpc) is 3.10. The van der Waals surface area contributed by atoms with Crippen molar-refractivity contribution in [3.63, 3.8) is 0 Å². The Labute approximate surface area is 171 Å². The Kier molecular flexibility index (Phi) is 8.46. The first-order chi connectivity index (χ1) is 12.3. The summed E-state index contributed by atoms with van der Waals surface area (Å²) < 4.78 is 10.8. The molecule has 0 radical (unpaired) electrons. The number of hydrogen-bond acceptors (Lipinski definition) is 4. The number of ether oxygens (including phenoxy) is 2. The van der Waals surface area contributed by atoms with E-state index in [1.54, 1.807) is 0 Å². The van der Waals surface area contributed by atoms with Crippen molar-refractivity contribution >= 4 is 29.9 Å². The van der Waals surface area contributed by atoms with Gasteiger partial charge in [0.2, 0.25) is 6.79 Å². The normalized spacial score (nSPS) is 12.4. The number of guanidine groups is 1. The Morgan fingerprint density at radius 1 is 1.12 bits per heavy atom. The molecular weight excluding hydrogens is 443 g/mol. The van der Waals surface area contributed by atoms with Crippen molar-refractivity contribution in [3.05, 3.63) is 53.9 Å². The van der Waals surface area contributed by atoms with Gasteiger partial charge >= 0.3 is 0 Å². The molecule has 140 valence electrons. The van der Waals surface area contributed by atoms with Crippen LogP contribution in [0.4, 0.5) is 0 Å². The Hall–Kier alpha value is -2.03. The largest absolute Gasteiger partial charge is 0.454 e. The van der Waals surface area contributed by atoms with Crippen LogP contribution in [0, 0.1) is 0 Å². The summed E-state index contributed by atoms with van der Waals surface area (Å²) in [4.78, 5) is 8.93. The van der Waals surface area contributed by atoms with E-state index in [9.17, 15) is 0 Å². The minimum Gasteiger partial charge on any atom is -0.454 e. The Morgan fingerprint density at radius 3 is 2.81 bits per heavy atom. The van der Waals surface area contributed by atoms with Gasteiger partial charge in [-0.1, -0.05) is 12.1 Å². The average molecular weight is 468 g/mol. The second kappa shape index (κ2) is 10.8. The molecule has 2 heterocycles. The third kappa shape index (κ3) is 6.05. The number of pyridine rings is 1. The molecule has 0 saturated carbocycles. The maximum absolute atomic E-state index is 5.42. The van der Waals surface area contributed by atoms with Crippen molar-refractivity contribution in [2.24, 2.45) is 4.99 Å². The van der Waals surface area contributed by atoms with Crippen LogP contribution < -0.4 is 20.1 Å². The van der Waals surface area contributed by atoms with E-state index in [2.05, 4.69) is 33.6 Å². The summed E-state index contributed by atoms with van der Waals surface area (Å²) in [7, 11) is 0. The summed E-state index contributed by atoms with van der Waals surface area (Å²) in [6.07, 6.45) is 3.54. The molecule has 7 heteroatoms. The lowest BCUT2D eigenvalue weighted by molar-refractivity contribution is 0.174. The summed E-state index contributed by atoms with van der Waals surface area (Å²) >= 11 is 0. The van der Waals surface area contributed by atoms with Gasteiger partial charge in [-0.25, -0.2) is 0 Å². The van der Waals surface area contributed by atoms with Crippen LogP contribution in [0.1, 0.15) is 18.2 Å². The van der Waals surface area contributed by atoms with Crippen molar-refractivity contribution in [2.75, 3.05) is 26.4 Å². The van der Waals surface area contributed by atoms with Gasteiger partial charge in [0.1, 0.15) is 0 Å². The van der Waals surface area contributed by atoms with Gasteiger partial charge in [-0.15, -0.1) is 24.0 Å². The summed E-state index contributed by atoms with van der Waals surface area (Å²) in [5.74, 6) is 2.48. The van der Waals surface area contributed by atoms with Gasteiger partial charge in [-0.2, -0.15) is 0 Å². The molecule has 0 fully saturated rings. The highest BCUT2D eigenvalue weighted by Gasteiger charge is 2.12. The molecule has 0 atom stereocenters. The molecule has 0 aliphatic carbocycles. The molecule has 1 aliphatic rings. The van der Waals surface area contributed by atoms with Crippen LogP contribution in [-0.4, -0.2) is 37.4 Å². The molecule has 6 nitrogen and oxygen atoms in total. The van der Waals surface area contributed by atoms with Gasteiger partial charge in [0.25, 0.3) is 0 Å². The van der Waals surface area contributed by atoms with Crippen molar-refractivity contribution in [1.29, 1.82) is 0 Å². The molecule has 2 N–H and O–H groups in total. The lowest BCUT2D eigenvalue weighted by Gasteiger charge is -2.11. The number of hydrogen-bond donors (Lipinski definition) is 2. The van der Waals surface area contributed by atoms with Crippen LogP contribution in [0.25, 0.3) is 0 Å². The minimum atomic E-state index is 0. The fourth-order valence-corrected chi connectivity index (χ4v) is 2.59. The number of halogens is 1. The van der Waals surface area contributed by atoms with Crippen LogP contribution in [0.5, 0.6) is 11.5 Å². The van der Waals surface area contributed by atoms with Crippen LogP contribution in [-0.2, 0) is 12.8 Å². The second-order valence-corrected chi connectivity index (χ2v) is 5.70. The number of benzene rings is 1. The predicted molar refractivity (Wildman–Crippen MR) is 114 cm³/mol. The lowest BCUT2D eigenvalue weighted by atomic mass is 10.1.